The second-order valence-electron chi connectivity index (χ2n) is 13.6. The van der Waals surface area contributed by atoms with E-state index < -0.39 is 47.4 Å². The number of aromatic nitrogens is 2. The fraction of sp³-hybridized carbons (Fsp3) is 0.486. The zero-order valence-corrected chi connectivity index (χ0v) is 31.9. The van der Waals surface area contributed by atoms with Crippen LogP contribution >= 0.6 is 22.9 Å². The van der Waals surface area contributed by atoms with E-state index in [4.69, 9.17) is 21.1 Å². The molecule has 1 aliphatic heterocycles. The summed E-state index contributed by atoms with van der Waals surface area (Å²) in [7, 11) is 0. The number of pyridine rings is 1. The molecule has 3 amide bonds. The number of esters is 2. The first-order valence-corrected chi connectivity index (χ1v) is 18.7. The Balaban J connectivity index is 1.46. The topological polar surface area (TPSA) is 169 Å². The number of carbonyl (C=O) groups excluding carboxylic acids is 5. The van der Waals surface area contributed by atoms with Crippen molar-refractivity contribution in [2.24, 2.45) is 11.3 Å². The van der Waals surface area contributed by atoms with Crippen molar-refractivity contribution in [2.45, 2.75) is 85.0 Å². The van der Waals surface area contributed by atoms with Gasteiger partial charge in [-0.2, -0.15) is 0 Å². The molecule has 1 aliphatic rings. The van der Waals surface area contributed by atoms with Gasteiger partial charge >= 0.3 is 11.9 Å². The first-order chi connectivity index (χ1) is 24.7. The van der Waals surface area contributed by atoms with Gasteiger partial charge in [0.05, 0.1) is 33.7 Å². The number of carbonyl (C=O) groups is 5. The molecule has 3 aromatic rings. The quantitative estimate of drug-likeness (QED) is 0.148. The standard InChI is InChI=1S/C37H47ClN6O7S/c1-22(2)32(33(46)41-31(19-27-20-52-21-39-27)34(47)44-16-7-8-29(43-44)35(48)50-17-15-38)42-36(49)37(5,6)14-13-25-9-10-26-11-12-28(40-30(26)18-25)23(3)51-24(4)45/h9-14,18,20-23,29,31-32,43H,7-8,15-17,19H2,1-6H3,(H,41,46)(H,42,49)/b14-13+/t23-,29+,31+,32+/m1/s1. The normalized spacial score (nSPS) is 16.7. The van der Waals surface area contributed by atoms with Crippen LogP contribution in [0, 0.1) is 11.3 Å². The minimum atomic E-state index is -1.03. The molecule has 2 aromatic heterocycles. The fourth-order valence-electron chi connectivity index (χ4n) is 5.58. The minimum absolute atomic E-state index is 0.0607. The Morgan fingerprint density at radius 3 is 2.56 bits per heavy atom. The summed E-state index contributed by atoms with van der Waals surface area (Å²) in [6.45, 7) is 10.6. The molecule has 0 saturated carbocycles. The van der Waals surface area contributed by atoms with Crippen LogP contribution in [0.1, 0.15) is 77.4 Å². The maximum absolute atomic E-state index is 13.8. The van der Waals surface area contributed by atoms with Crippen molar-refractivity contribution in [3.05, 3.63) is 64.2 Å². The lowest BCUT2D eigenvalue weighted by atomic mass is 9.89. The molecule has 3 heterocycles. The Kier molecular flexibility index (Phi) is 14.3. The maximum Gasteiger partial charge on any atom is 0.325 e. The molecule has 1 fully saturated rings. The van der Waals surface area contributed by atoms with Crippen molar-refractivity contribution in [3.8, 4) is 0 Å². The second-order valence-corrected chi connectivity index (χ2v) is 14.7. The molecule has 280 valence electrons. The molecular weight excluding hydrogens is 708 g/mol. The van der Waals surface area contributed by atoms with Crippen LogP contribution in [-0.2, 0) is 39.9 Å². The number of alkyl halides is 1. The molecule has 4 atom stereocenters. The van der Waals surface area contributed by atoms with Crippen LogP contribution < -0.4 is 16.1 Å². The molecule has 0 bridgehead atoms. The van der Waals surface area contributed by atoms with Crippen LogP contribution in [0.15, 0.2) is 47.3 Å². The second kappa shape index (κ2) is 18.4. The number of thiazole rings is 1. The number of ether oxygens (including phenoxy) is 2. The highest BCUT2D eigenvalue weighted by Gasteiger charge is 2.36. The summed E-state index contributed by atoms with van der Waals surface area (Å²) in [6.07, 6.45) is 4.23. The molecule has 52 heavy (non-hydrogen) atoms. The lowest BCUT2D eigenvalue weighted by Gasteiger charge is -2.35. The summed E-state index contributed by atoms with van der Waals surface area (Å²) in [6, 6.07) is 6.74. The van der Waals surface area contributed by atoms with E-state index in [-0.39, 0.29) is 36.7 Å². The average molecular weight is 755 g/mol. The predicted octanol–water partition coefficient (Wildman–Crippen LogP) is 4.50. The third-order valence-electron chi connectivity index (χ3n) is 8.58. The molecule has 15 heteroatoms. The van der Waals surface area contributed by atoms with Crippen molar-refractivity contribution >= 4 is 69.6 Å². The molecule has 0 aliphatic carbocycles. The van der Waals surface area contributed by atoms with Gasteiger partial charge in [-0.3, -0.25) is 29.0 Å². The van der Waals surface area contributed by atoms with Gasteiger partial charge in [-0.1, -0.05) is 44.2 Å². The smallest absolute Gasteiger partial charge is 0.325 e. The number of nitrogens with zero attached hydrogens (tertiary/aromatic N) is 3. The van der Waals surface area contributed by atoms with Gasteiger partial charge in [-0.05, 0) is 57.2 Å². The highest BCUT2D eigenvalue weighted by Crippen LogP contribution is 2.24. The Morgan fingerprint density at radius 2 is 1.88 bits per heavy atom. The summed E-state index contributed by atoms with van der Waals surface area (Å²) < 4.78 is 10.4. The Labute approximate surface area is 312 Å². The summed E-state index contributed by atoms with van der Waals surface area (Å²) in [5, 5.41) is 9.81. The van der Waals surface area contributed by atoms with E-state index in [1.54, 1.807) is 37.7 Å². The van der Waals surface area contributed by atoms with E-state index in [1.807, 2.05) is 50.3 Å². The van der Waals surface area contributed by atoms with Gasteiger partial charge in [0.25, 0.3) is 5.91 Å². The number of hydrazine groups is 1. The maximum atomic E-state index is 13.8. The van der Waals surface area contributed by atoms with Gasteiger partial charge in [-0.25, -0.2) is 15.4 Å². The number of benzene rings is 1. The third kappa shape index (κ3) is 11.1. The summed E-state index contributed by atoms with van der Waals surface area (Å²) in [5.41, 5.74) is 6.32. The predicted molar refractivity (Wildman–Crippen MR) is 199 cm³/mol. The van der Waals surface area contributed by atoms with E-state index in [9.17, 15) is 24.0 Å². The number of nitrogens with one attached hydrogen (secondary N) is 3. The summed E-state index contributed by atoms with van der Waals surface area (Å²) >= 11 is 7.03. The third-order valence-corrected chi connectivity index (χ3v) is 9.37. The first-order valence-electron chi connectivity index (χ1n) is 17.2. The van der Waals surface area contributed by atoms with Crippen LogP contribution in [0.5, 0.6) is 0 Å². The summed E-state index contributed by atoms with van der Waals surface area (Å²) in [5.74, 6) is -2.39. The van der Waals surface area contributed by atoms with Crippen LogP contribution in [0.3, 0.4) is 0 Å². The van der Waals surface area contributed by atoms with Crippen molar-refractivity contribution in [1.29, 1.82) is 0 Å². The number of halogens is 1. The lowest BCUT2D eigenvalue weighted by Crippen LogP contribution is -2.62. The molecule has 1 aromatic carbocycles. The number of hydrogen-bond acceptors (Lipinski definition) is 11. The molecule has 4 rings (SSSR count). The Hall–Kier alpha value is -4.40. The number of hydrogen-bond donors (Lipinski definition) is 3. The van der Waals surface area contributed by atoms with Gasteiger partial charge in [0.15, 0.2) is 0 Å². The number of fused-ring (bicyclic) bond motifs is 1. The highest BCUT2D eigenvalue weighted by molar-refractivity contribution is 7.07. The van der Waals surface area contributed by atoms with Crippen LogP contribution in [0.2, 0.25) is 0 Å². The number of amides is 3. The molecular formula is C37H47ClN6O7S. The van der Waals surface area contributed by atoms with Crippen molar-refractivity contribution < 1.29 is 33.4 Å². The van der Waals surface area contributed by atoms with Gasteiger partial charge in [0, 0.05) is 30.7 Å². The first kappa shape index (κ1) is 40.4. The largest absolute Gasteiger partial charge is 0.463 e. The van der Waals surface area contributed by atoms with Gasteiger partial charge in [-0.15, -0.1) is 22.9 Å². The van der Waals surface area contributed by atoms with Crippen LogP contribution in [0.4, 0.5) is 0 Å². The van der Waals surface area contributed by atoms with E-state index in [0.29, 0.717) is 36.3 Å². The SMILES string of the molecule is CC(=O)O[C@H](C)c1ccc2ccc(/C=C/C(C)(C)C(=O)N[C@H](C(=O)N[C@@H](Cc3cscn3)C(=O)N3CCC[C@@H](C(=O)OCCCl)N3)C(C)C)cc2n1. The monoisotopic (exact) mass is 754 g/mol. The van der Waals surface area contributed by atoms with Crippen LogP contribution in [-0.4, -0.2) is 81.8 Å². The van der Waals surface area contributed by atoms with Gasteiger partial charge < -0.3 is 20.1 Å². The molecule has 0 unspecified atom stereocenters. The molecule has 3 N–H and O–H groups in total. The lowest BCUT2D eigenvalue weighted by molar-refractivity contribution is -0.152. The Morgan fingerprint density at radius 1 is 1.13 bits per heavy atom. The Bertz CT molecular complexity index is 1770. The van der Waals surface area contributed by atoms with Crippen LogP contribution in [0.25, 0.3) is 17.0 Å². The van der Waals surface area contributed by atoms with E-state index in [1.165, 1.54) is 23.3 Å². The summed E-state index contributed by atoms with van der Waals surface area (Å²) in [4.78, 5) is 74.2. The molecule has 1 saturated heterocycles. The van der Waals surface area contributed by atoms with E-state index in [0.717, 1.165) is 10.9 Å². The zero-order valence-electron chi connectivity index (χ0n) is 30.3. The average Bonchev–Trinajstić information content (AvgIpc) is 3.63. The van der Waals surface area contributed by atoms with E-state index in [2.05, 4.69) is 26.0 Å². The highest BCUT2D eigenvalue weighted by atomic mass is 35.5. The molecule has 0 radical (unpaired) electrons. The molecule has 13 nitrogen and oxygen atoms in total. The van der Waals surface area contributed by atoms with E-state index >= 15 is 0 Å². The van der Waals surface area contributed by atoms with Gasteiger partial charge in [0.2, 0.25) is 11.8 Å². The minimum Gasteiger partial charge on any atom is -0.463 e. The van der Waals surface area contributed by atoms with Gasteiger partial charge in [0.1, 0.15) is 30.8 Å². The zero-order chi connectivity index (χ0) is 38.0. The fourth-order valence-corrected chi connectivity index (χ4v) is 6.23. The van der Waals surface area contributed by atoms with Crippen molar-refractivity contribution in [1.82, 2.24) is 31.0 Å². The van der Waals surface area contributed by atoms with Crippen molar-refractivity contribution in [3.63, 3.8) is 0 Å². The molecule has 0 spiro atoms. The number of rotatable bonds is 15. The van der Waals surface area contributed by atoms with Crippen molar-refractivity contribution in [2.75, 3.05) is 19.0 Å².